The normalized spacial score (nSPS) is 15.9. The Kier molecular flexibility index (Phi) is 5.42. The maximum Gasteiger partial charge on any atom is 0.221 e. The maximum atomic E-state index is 5.56. The van der Waals surface area contributed by atoms with Crippen molar-refractivity contribution < 1.29 is 0 Å². The molecule has 1 aromatic heterocycles. The van der Waals surface area contributed by atoms with Crippen molar-refractivity contribution in [2.24, 2.45) is 0 Å². The number of benzene rings is 2. The summed E-state index contributed by atoms with van der Waals surface area (Å²) in [6.07, 6.45) is 0. The second-order valence-corrected chi connectivity index (χ2v) is 7.40. The molecule has 7 heteroatoms. The zero-order valence-corrected chi connectivity index (χ0v) is 16.3. The number of piperazine rings is 1. The van der Waals surface area contributed by atoms with Gasteiger partial charge in [-0.15, -0.1) is 0 Å². The van der Waals surface area contributed by atoms with Crippen LogP contribution >= 0.6 is 12.2 Å². The molecule has 140 valence electrons. The molecule has 3 aromatic rings. The van der Waals surface area contributed by atoms with E-state index in [-0.39, 0.29) is 0 Å². The van der Waals surface area contributed by atoms with Gasteiger partial charge in [0.1, 0.15) is 0 Å². The van der Waals surface area contributed by atoms with Gasteiger partial charge in [0, 0.05) is 32.7 Å². The molecule has 0 radical (unpaired) electrons. The van der Waals surface area contributed by atoms with Crippen LogP contribution in [-0.4, -0.2) is 55.8 Å². The minimum Gasteiger partial charge on any atom is -0.297 e. The molecule has 27 heavy (non-hydrogen) atoms. The summed E-state index contributed by atoms with van der Waals surface area (Å²) in [5, 5.41) is 8.47. The summed E-state index contributed by atoms with van der Waals surface area (Å²) >= 11 is 5.56. The van der Waals surface area contributed by atoms with E-state index in [1.54, 1.807) is 9.36 Å². The fraction of sp³-hybridized carbons (Fsp3) is 0.350. The second kappa shape index (κ2) is 8.12. The molecule has 1 aliphatic heterocycles. The Morgan fingerprint density at radius 3 is 2.37 bits per heavy atom. The smallest absolute Gasteiger partial charge is 0.221 e. The van der Waals surface area contributed by atoms with Crippen molar-refractivity contribution in [3.05, 3.63) is 70.5 Å². The predicted molar refractivity (Wildman–Crippen MR) is 108 cm³/mol. The molecule has 0 unspecified atom stereocenters. The van der Waals surface area contributed by atoms with Gasteiger partial charge in [0.15, 0.2) is 0 Å². The number of hydrogen-bond donors (Lipinski definition) is 0. The Labute approximate surface area is 164 Å². The van der Waals surface area contributed by atoms with Crippen LogP contribution in [0.5, 0.6) is 0 Å². The highest BCUT2D eigenvalue weighted by Gasteiger charge is 2.18. The molecule has 4 rings (SSSR count). The van der Waals surface area contributed by atoms with E-state index in [0.717, 1.165) is 38.4 Å². The van der Waals surface area contributed by atoms with Gasteiger partial charge < -0.3 is 0 Å². The third-order valence-corrected chi connectivity index (χ3v) is 5.31. The predicted octanol–water partition coefficient (Wildman–Crippen LogP) is 2.88. The molecule has 0 atom stereocenters. The standard InChI is InChI=1S/C20H24N6S/c1-17-6-5-7-18(14-17)15-23-10-12-24(13-11-23)16-25-20(27)26(22-21-25)19-8-3-2-4-9-19/h2-9,14H,10-13,15-16H2,1H3. The Balaban J connectivity index is 1.35. The lowest BCUT2D eigenvalue weighted by Gasteiger charge is -2.34. The van der Waals surface area contributed by atoms with Crippen molar-refractivity contribution in [1.82, 2.24) is 29.6 Å². The fourth-order valence-electron chi connectivity index (χ4n) is 3.44. The first-order valence-electron chi connectivity index (χ1n) is 9.27. The highest BCUT2D eigenvalue weighted by molar-refractivity contribution is 7.71. The van der Waals surface area contributed by atoms with Crippen LogP contribution in [0.2, 0.25) is 0 Å². The lowest BCUT2D eigenvalue weighted by Crippen LogP contribution is -2.46. The molecule has 1 aliphatic rings. The van der Waals surface area contributed by atoms with E-state index in [0.29, 0.717) is 11.4 Å². The van der Waals surface area contributed by atoms with Crippen LogP contribution in [0.4, 0.5) is 0 Å². The van der Waals surface area contributed by atoms with E-state index in [4.69, 9.17) is 12.2 Å². The van der Waals surface area contributed by atoms with Gasteiger partial charge in [0.25, 0.3) is 0 Å². The van der Waals surface area contributed by atoms with Crippen LogP contribution < -0.4 is 0 Å². The van der Waals surface area contributed by atoms with E-state index in [1.807, 2.05) is 30.3 Å². The summed E-state index contributed by atoms with van der Waals surface area (Å²) in [6.45, 7) is 7.95. The van der Waals surface area contributed by atoms with E-state index in [9.17, 15) is 0 Å². The first kappa shape index (κ1) is 18.0. The van der Waals surface area contributed by atoms with Crippen molar-refractivity contribution in [2.75, 3.05) is 26.2 Å². The molecule has 6 nitrogen and oxygen atoms in total. The highest BCUT2D eigenvalue weighted by Crippen LogP contribution is 2.11. The average Bonchev–Trinajstić information content (AvgIpc) is 3.04. The summed E-state index contributed by atoms with van der Waals surface area (Å²) < 4.78 is 4.14. The number of aryl methyl sites for hydroxylation is 1. The van der Waals surface area contributed by atoms with Gasteiger partial charge in [-0.3, -0.25) is 9.80 Å². The van der Waals surface area contributed by atoms with E-state index in [2.05, 4.69) is 51.4 Å². The number of nitrogens with zero attached hydrogens (tertiary/aromatic N) is 6. The fourth-order valence-corrected chi connectivity index (χ4v) is 3.68. The summed E-state index contributed by atoms with van der Waals surface area (Å²) in [5.41, 5.74) is 3.65. The molecule has 0 spiro atoms. The Bertz CT molecular complexity index is 940. The van der Waals surface area contributed by atoms with Crippen molar-refractivity contribution in [2.45, 2.75) is 20.1 Å². The molecule has 0 bridgehead atoms. The van der Waals surface area contributed by atoms with Crippen molar-refractivity contribution in [1.29, 1.82) is 0 Å². The minimum absolute atomic E-state index is 0.628. The van der Waals surface area contributed by atoms with Crippen LogP contribution in [0.15, 0.2) is 54.6 Å². The SMILES string of the molecule is Cc1cccc(CN2CCN(Cn3nnn(-c4ccccc4)c3=S)CC2)c1. The number of aromatic nitrogens is 4. The van der Waals surface area contributed by atoms with Crippen molar-refractivity contribution >= 4 is 12.2 Å². The van der Waals surface area contributed by atoms with Gasteiger partial charge in [-0.1, -0.05) is 48.0 Å². The van der Waals surface area contributed by atoms with Crippen molar-refractivity contribution in [3.8, 4) is 5.69 Å². The molecule has 0 saturated carbocycles. The molecule has 2 aromatic carbocycles. The summed E-state index contributed by atoms with van der Waals surface area (Å²) in [5.74, 6) is 0. The third kappa shape index (κ3) is 4.32. The third-order valence-electron chi connectivity index (χ3n) is 4.93. The summed E-state index contributed by atoms with van der Waals surface area (Å²) in [6, 6.07) is 18.7. The Morgan fingerprint density at radius 1 is 0.889 bits per heavy atom. The molecule has 0 aliphatic carbocycles. The van der Waals surface area contributed by atoms with E-state index >= 15 is 0 Å². The second-order valence-electron chi connectivity index (χ2n) is 7.03. The Morgan fingerprint density at radius 2 is 1.63 bits per heavy atom. The van der Waals surface area contributed by atoms with Gasteiger partial charge in [0.2, 0.25) is 4.77 Å². The summed E-state index contributed by atoms with van der Waals surface area (Å²) in [7, 11) is 0. The molecule has 0 amide bonds. The van der Waals surface area contributed by atoms with Crippen LogP contribution in [0.25, 0.3) is 5.69 Å². The zero-order chi connectivity index (χ0) is 18.6. The molecule has 1 fully saturated rings. The van der Waals surface area contributed by atoms with E-state index < -0.39 is 0 Å². The molecule has 0 N–H and O–H groups in total. The number of hydrogen-bond acceptors (Lipinski definition) is 5. The quantitative estimate of drug-likeness (QED) is 0.637. The topological polar surface area (TPSA) is 42.1 Å². The summed E-state index contributed by atoms with van der Waals surface area (Å²) in [4.78, 5) is 4.89. The van der Waals surface area contributed by atoms with Crippen LogP contribution in [-0.2, 0) is 13.2 Å². The largest absolute Gasteiger partial charge is 0.297 e. The van der Waals surface area contributed by atoms with Crippen molar-refractivity contribution in [3.63, 3.8) is 0 Å². The molecular weight excluding hydrogens is 356 g/mol. The van der Waals surface area contributed by atoms with Gasteiger partial charge in [0.05, 0.1) is 12.4 Å². The van der Waals surface area contributed by atoms with Crippen LogP contribution in [0.1, 0.15) is 11.1 Å². The number of para-hydroxylation sites is 1. The average molecular weight is 381 g/mol. The van der Waals surface area contributed by atoms with Gasteiger partial charge in [-0.05, 0) is 47.3 Å². The first-order valence-corrected chi connectivity index (χ1v) is 9.68. The molecular formula is C20H24N6S. The molecule has 2 heterocycles. The van der Waals surface area contributed by atoms with Gasteiger partial charge in [-0.2, -0.15) is 4.68 Å². The monoisotopic (exact) mass is 380 g/mol. The van der Waals surface area contributed by atoms with Crippen LogP contribution in [0, 0.1) is 11.7 Å². The Hall–Kier alpha value is -2.35. The maximum absolute atomic E-state index is 5.56. The lowest BCUT2D eigenvalue weighted by molar-refractivity contribution is 0.0975. The number of tetrazole rings is 1. The van der Waals surface area contributed by atoms with Crippen LogP contribution in [0.3, 0.4) is 0 Å². The molecule has 1 saturated heterocycles. The number of rotatable bonds is 5. The lowest BCUT2D eigenvalue weighted by atomic mass is 10.1. The zero-order valence-electron chi connectivity index (χ0n) is 15.5. The van der Waals surface area contributed by atoms with Gasteiger partial charge >= 0.3 is 0 Å². The minimum atomic E-state index is 0.628. The van der Waals surface area contributed by atoms with E-state index in [1.165, 1.54) is 11.1 Å². The van der Waals surface area contributed by atoms with Gasteiger partial charge in [-0.25, -0.2) is 4.68 Å². The first-order chi connectivity index (χ1) is 13.2. The highest BCUT2D eigenvalue weighted by atomic mass is 32.1.